The van der Waals surface area contributed by atoms with Crippen molar-refractivity contribution in [2.24, 2.45) is 0 Å². The third kappa shape index (κ3) is 4.02. The first-order valence-electron chi connectivity index (χ1n) is 6.91. The quantitative estimate of drug-likeness (QED) is 0.632. The molecule has 0 bridgehead atoms. The molecule has 0 N–H and O–H groups in total. The maximum absolute atomic E-state index is 12.2. The summed E-state index contributed by atoms with van der Waals surface area (Å²) in [6.07, 6.45) is 2.71. The van der Waals surface area contributed by atoms with Gasteiger partial charge >= 0.3 is 0 Å². The Morgan fingerprint density at radius 1 is 0.900 bits per heavy atom. The molecule has 2 aromatic carbocycles. The number of benzene rings is 2. The molecular weight excluding hydrogens is 254 g/mol. The van der Waals surface area contributed by atoms with E-state index in [4.69, 9.17) is 0 Å². The molecule has 104 valence electrons. The van der Waals surface area contributed by atoms with Gasteiger partial charge in [0.25, 0.3) is 6.08 Å². The molecule has 0 radical (unpaired) electrons. The van der Waals surface area contributed by atoms with E-state index in [0.717, 1.165) is 23.6 Å². The SMILES string of the molecule is CCCCc1ccc(-c2ccc(C=C(F)F)cc2)cc1. The number of hydrogen-bond acceptors (Lipinski definition) is 0. The Balaban J connectivity index is 2.13. The monoisotopic (exact) mass is 272 g/mol. The Morgan fingerprint density at radius 2 is 1.45 bits per heavy atom. The van der Waals surface area contributed by atoms with Crippen LogP contribution in [0.2, 0.25) is 0 Å². The van der Waals surface area contributed by atoms with Crippen LogP contribution in [0.3, 0.4) is 0 Å². The van der Waals surface area contributed by atoms with E-state index in [1.54, 1.807) is 12.1 Å². The zero-order chi connectivity index (χ0) is 14.4. The maximum atomic E-state index is 12.2. The summed E-state index contributed by atoms with van der Waals surface area (Å²) in [5.41, 5.74) is 4.02. The summed E-state index contributed by atoms with van der Waals surface area (Å²) in [6.45, 7) is 2.19. The van der Waals surface area contributed by atoms with Crippen LogP contribution in [0.4, 0.5) is 8.78 Å². The summed E-state index contributed by atoms with van der Waals surface area (Å²) < 4.78 is 24.3. The Kier molecular flexibility index (Phi) is 5.05. The third-order valence-corrected chi connectivity index (χ3v) is 3.29. The largest absolute Gasteiger partial charge is 0.270 e. The van der Waals surface area contributed by atoms with Crippen LogP contribution in [0.1, 0.15) is 30.9 Å². The van der Waals surface area contributed by atoms with Crippen LogP contribution in [0.25, 0.3) is 17.2 Å². The standard InChI is InChI=1S/C18H18F2/c1-2-3-4-14-5-9-16(10-6-14)17-11-7-15(8-12-17)13-18(19)20/h5-13H,2-4H2,1H3. The highest BCUT2D eigenvalue weighted by molar-refractivity contribution is 5.66. The average molecular weight is 272 g/mol. The summed E-state index contributed by atoms with van der Waals surface area (Å²) in [4.78, 5) is 0. The number of halogens is 2. The van der Waals surface area contributed by atoms with Crippen LogP contribution in [-0.4, -0.2) is 0 Å². The second kappa shape index (κ2) is 6.99. The fourth-order valence-electron chi connectivity index (χ4n) is 2.14. The van der Waals surface area contributed by atoms with Crippen molar-refractivity contribution < 1.29 is 8.78 Å². The first-order valence-corrected chi connectivity index (χ1v) is 6.91. The van der Waals surface area contributed by atoms with Crippen molar-refractivity contribution in [1.29, 1.82) is 0 Å². The molecule has 0 aliphatic heterocycles. The van der Waals surface area contributed by atoms with Gasteiger partial charge in [0.2, 0.25) is 0 Å². The molecular formula is C18H18F2. The lowest BCUT2D eigenvalue weighted by molar-refractivity contribution is 0.429. The first kappa shape index (κ1) is 14.4. The van der Waals surface area contributed by atoms with Gasteiger partial charge < -0.3 is 0 Å². The number of aryl methyl sites for hydroxylation is 1. The molecule has 0 atom stereocenters. The van der Waals surface area contributed by atoms with Crippen molar-refractivity contribution in [2.75, 3.05) is 0 Å². The van der Waals surface area contributed by atoms with Crippen molar-refractivity contribution in [2.45, 2.75) is 26.2 Å². The molecule has 2 rings (SSSR count). The van der Waals surface area contributed by atoms with E-state index in [2.05, 4.69) is 31.2 Å². The summed E-state index contributed by atoms with van der Waals surface area (Å²) in [6, 6.07) is 15.6. The average Bonchev–Trinajstić information content (AvgIpc) is 2.46. The van der Waals surface area contributed by atoms with Crippen LogP contribution in [0.15, 0.2) is 54.6 Å². The van der Waals surface area contributed by atoms with Gasteiger partial charge in [0.05, 0.1) is 0 Å². The molecule has 0 amide bonds. The van der Waals surface area contributed by atoms with Gasteiger partial charge in [-0.05, 0) is 35.1 Å². The molecule has 0 nitrogen and oxygen atoms in total. The van der Waals surface area contributed by atoms with Gasteiger partial charge in [0.15, 0.2) is 0 Å². The van der Waals surface area contributed by atoms with Crippen LogP contribution in [-0.2, 0) is 6.42 Å². The second-order valence-corrected chi connectivity index (χ2v) is 4.86. The Labute approximate surface area is 118 Å². The summed E-state index contributed by atoms with van der Waals surface area (Å²) >= 11 is 0. The molecule has 0 aliphatic rings. The Morgan fingerprint density at radius 3 is 1.95 bits per heavy atom. The highest BCUT2D eigenvalue weighted by Gasteiger charge is 1.99. The van der Waals surface area contributed by atoms with Gasteiger partial charge in [-0.1, -0.05) is 61.9 Å². The highest BCUT2D eigenvalue weighted by atomic mass is 19.3. The van der Waals surface area contributed by atoms with E-state index < -0.39 is 6.08 Å². The highest BCUT2D eigenvalue weighted by Crippen LogP contribution is 2.22. The summed E-state index contributed by atoms with van der Waals surface area (Å²) in [7, 11) is 0. The number of rotatable bonds is 5. The maximum Gasteiger partial charge on any atom is 0.270 e. The van der Waals surface area contributed by atoms with E-state index in [1.165, 1.54) is 18.4 Å². The Bertz CT molecular complexity index is 561. The van der Waals surface area contributed by atoms with Crippen molar-refractivity contribution in [3.63, 3.8) is 0 Å². The lowest BCUT2D eigenvalue weighted by atomic mass is 10.0. The molecule has 2 aromatic rings. The van der Waals surface area contributed by atoms with E-state index in [-0.39, 0.29) is 0 Å². The van der Waals surface area contributed by atoms with Crippen molar-refractivity contribution in [3.05, 3.63) is 65.7 Å². The normalized spacial score (nSPS) is 10.3. The molecule has 0 fully saturated rings. The number of hydrogen-bond donors (Lipinski definition) is 0. The van der Waals surface area contributed by atoms with Gasteiger partial charge in [0.1, 0.15) is 0 Å². The minimum absolute atomic E-state index is 0.522. The van der Waals surface area contributed by atoms with Gasteiger partial charge in [-0.3, -0.25) is 0 Å². The number of unbranched alkanes of at least 4 members (excludes halogenated alkanes) is 1. The van der Waals surface area contributed by atoms with E-state index >= 15 is 0 Å². The molecule has 0 spiro atoms. The van der Waals surface area contributed by atoms with Gasteiger partial charge in [-0.15, -0.1) is 0 Å². The van der Waals surface area contributed by atoms with E-state index in [9.17, 15) is 8.78 Å². The molecule has 20 heavy (non-hydrogen) atoms. The van der Waals surface area contributed by atoms with Crippen molar-refractivity contribution in [3.8, 4) is 11.1 Å². The predicted octanol–water partition coefficient (Wildman–Crippen LogP) is 5.93. The van der Waals surface area contributed by atoms with Crippen LogP contribution < -0.4 is 0 Å². The second-order valence-electron chi connectivity index (χ2n) is 4.86. The van der Waals surface area contributed by atoms with Crippen molar-refractivity contribution >= 4 is 6.08 Å². The van der Waals surface area contributed by atoms with Crippen molar-refractivity contribution in [1.82, 2.24) is 0 Å². The molecule has 0 unspecified atom stereocenters. The predicted molar refractivity (Wildman–Crippen MR) is 80.7 cm³/mol. The molecule has 0 aromatic heterocycles. The molecule has 0 saturated carbocycles. The smallest absolute Gasteiger partial charge is 0.173 e. The molecule has 0 heterocycles. The van der Waals surface area contributed by atoms with Gasteiger partial charge in [-0.2, -0.15) is 8.78 Å². The van der Waals surface area contributed by atoms with Crippen LogP contribution in [0.5, 0.6) is 0 Å². The van der Waals surface area contributed by atoms with E-state index in [0.29, 0.717) is 5.56 Å². The van der Waals surface area contributed by atoms with Crippen LogP contribution >= 0.6 is 0 Å². The minimum atomic E-state index is -1.67. The lowest BCUT2D eigenvalue weighted by Gasteiger charge is -2.05. The van der Waals surface area contributed by atoms with E-state index in [1.807, 2.05) is 12.1 Å². The zero-order valence-corrected chi connectivity index (χ0v) is 11.6. The fraction of sp³-hybridized carbons (Fsp3) is 0.222. The fourth-order valence-corrected chi connectivity index (χ4v) is 2.14. The third-order valence-electron chi connectivity index (χ3n) is 3.29. The molecule has 0 saturated heterocycles. The topological polar surface area (TPSA) is 0 Å². The molecule has 0 aliphatic carbocycles. The summed E-state index contributed by atoms with van der Waals surface area (Å²) in [5.74, 6) is 0. The van der Waals surface area contributed by atoms with Crippen LogP contribution in [0, 0.1) is 0 Å². The minimum Gasteiger partial charge on any atom is -0.173 e. The lowest BCUT2D eigenvalue weighted by Crippen LogP contribution is -1.85. The zero-order valence-electron chi connectivity index (χ0n) is 11.6. The first-order chi connectivity index (χ1) is 9.69. The van der Waals surface area contributed by atoms with Gasteiger partial charge in [-0.25, -0.2) is 0 Å². The molecule has 2 heteroatoms. The van der Waals surface area contributed by atoms with Gasteiger partial charge in [0, 0.05) is 6.08 Å². The Hall–Kier alpha value is -1.96. The summed E-state index contributed by atoms with van der Waals surface area (Å²) in [5, 5.41) is 0.